The molecule has 152 valence electrons. The maximum Gasteiger partial charge on any atom is 0.0547 e. The van der Waals surface area contributed by atoms with Crippen molar-refractivity contribution in [3.63, 3.8) is 0 Å². The van der Waals surface area contributed by atoms with Crippen LogP contribution in [0.25, 0.3) is 49.7 Å². The van der Waals surface area contributed by atoms with Gasteiger partial charge < -0.3 is 4.57 Å². The van der Waals surface area contributed by atoms with Crippen molar-refractivity contribution >= 4 is 33.4 Å². The second-order valence-electron chi connectivity index (χ2n) is 7.98. The van der Waals surface area contributed by atoms with Crippen LogP contribution >= 0.6 is 11.6 Å². The van der Waals surface area contributed by atoms with E-state index in [4.69, 9.17) is 11.6 Å². The highest BCUT2D eigenvalue weighted by Gasteiger charge is 2.16. The van der Waals surface area contributed by atoms with Gasteiger partial charge in [0.25, 0.3) is 0 Å². The zero-order chi connectivity index (χ0) is 21.5. The van der Waals surface area contributed by atoms with Gasteiger partial charge in [-0.25, -0.2) is 0 Å². The highest BCUT2D eigenvalue weighted by atomic mass is 35.5. The van der Waals surface area contributed by atoms with Crippen molar-refractivity contribution in [3.05, 3.63) is 126 Å². The molecule has 0 spiro atoms. The van der Waals surface area contributed by atoms with Crippen LogP contribution in [0.5, 0.6) is 0 Å². The molecule has 0 fully saturated rings. The molecule has 0 unspecified atom stereocenters. The van der Waals surface area contributed by atoms with Crippen LogP contribution in [0, 0.1) is 0 Å². The normalized spacial score (nSPS) is 11.3. The second-order valence-corrected chi connectivity index (χ2v) is 8.41. The molecule has 0 saturated carbocycles. The molecule has 5 aromatic carbocycles. The number of hydrogen-bond donors (Lipinski definition) is 0. The minimum Gasteiger partial charge on any atom is -0.309 e. The van der Waals surface area contributed by atoms with E-state index in [1.807, 2.05) is 18.2 Å². The largest absolute Gasteiger partial charge is 0.309 e. The van der Waals surface area contributed by atoms with E-state index in [0.29, 0.717) is 0 Å². The topological polar surface area (TPSA) is 4.93 Å². The lowest BCUT2D eigenvalue weighted by molar-refractivity contribution is 1.18. The fourth-order valence-corrected chi connectivity index (χ4v) is 4.78. The summed E-state index contributed by atoms with van der Waals surface area (Å²) in [6.45, 7) is 0. The highest BCUT2D eigenvalue weighted by molar-refractivity contribution is 6.32. The molecule has 32 heavy (non-hydrogen) atoms. The lowest BCUT2D eigenvalue weighted by Gasteiger charge is -2.09. The summed E-state index contributed by atoms with van der Waals surface area (Å²) in [6.07, 6.45) is 0. The lowest BCUT2D eigenvalue weighted by Crippen LogP contribution is -1.92. The van der Waals surface area contributed by atoms with Gasteiger partial charge in [-0.3, -0.25) is 0 Å². The van der Waals surface area contributed by atoms with Crippen LogP contribution in [-0.2, 0) is 0 Å². The molecule has 0 saturated heterocycles. The molecule has 0 N–H and O–H groups in total. The van der Waals surface area contributed by atoms with E-state index >= 15 is 0 Å². The Morgan fingerprint density at radius 2 is 1.16 bits per heavy atom. The molecule has 1 nitrogen and oxygen atoms in total. The summed E-state index contributed by atoms with van der Waals surface area (Å²) in [5.41, 5.74) is 8.33. The van der Waals surface area contributed by atoms with Crippen LogP contribution in [0.15, 0.2) is 121 Å². The number of aromatic nitrogens is 1. The highest BCUT2D eigenvalue weighted by Crippen LogP contribution is 2.39. The third kappa shape index (κ3) is 3.10. The first-order valence-electron chi connectivity index (χ1n) is 10.7. The summed E-state index contributed by atoms with van der Waals surface area (Å²) in [6, 6.07) is 42.5. The van der Waals surface area contributed by atoms with Gasteiger partial charge in [0.05, 0.1) is 11.0 Å². The fraction of sp³-hybridized carbons (Fsp3) is 0. The van der Waals surface area contributed by atoms with Crippen molar-refractivity contribution in [1.29, 1.82) is 0 Å². The van der Waals surface area contributed by atoms with Crippen LogP contribution in [0.2, 0.25) is 5.02 Å². The molecular weight excluding hydrogens is 410 g/mol. The first-order valence-corrected chi connectivity index (χ1v) is 11.1. The SMILES string of the molecule is Clc1ccc2c(c1)c1c(-c3ccc(-c4ccccc4)cc3)cccc1n2-c1ccccc1. The Morgan fingerprint density at radius 3 is 1.91 bits per heavy atom. The van der Waals surface area contributed by atoms with Gasteiger partial charge in [0, 0.05) is 21.5 Å². The van der Waals surface area contributed by atoms with Crippen LogP contribution in [0.1, 0.15) is 0 Å². The zero-order valence-electron chi connectivity index (χ0n) is 17.4. The molecule has 2 heteroatoms. The Hall–Kier alpha value is -3.81. The number of para-hydroxylation sites is 1. The quantitative estimate of drug-likeness (QED) is 0.265. The number of hydrogen-bond acceptors (Lipinski definition) is 0. The number of fused-ring (bicyclic) bond motifs is 3. The Morgan fingerprint density at radius 1 is 0.500 bits per heavy atom. The lowest BCUT2D eigenvalue weighted by atomic mass is 9.97. The van der Waals surface area contributed by atoms with Crippen molar-refractivity contribution < 1.29 is 0 Å². The van der Waals surface area contributed by atoms with E-state index in [2.05, 4.69) is 108 Å². The van der Waals surface area contributed by atoms with Crippen molar-refractivity contribution in [2.75, 3.05) is 0 Å². The van der Waals surface area contributed by atoms with Crippen LogP contribution in [0.4, 0.5) is 0 Å². The van der Waals surface area contributed by atoms with Gasteiger partial charge in [-0.05, 0) is 58.7 Å². The molecule has 0 atom stereocenters. The number of rotatable bonds is 3. The smallest absolute Gasteiger partial charge is 0.0547 e. The van der Waals surface area contributed by atoms with Crippen LogP contribution in [-0.4, -0.2) is 4.57 Å². The van der Waals surface area contributed by atoms with Crippen molar-refractivity contribution in [3.8, 4) is 27.9 Å². The van der Waals surface area contributed by atoms with Gasteiger partial charge in [-0.1, -0.05) is 96.5 Å². The summed E-state index contributed by atoms with van der Waals surface area (Å²) < 4.78 is 2.32. The summed E-state index contributed by atoms with van der Waals surface area (Å²) in [7, 11) is 0. The average molecular weight is 430 g/mol. The van der Waals surface area contributed by atoms with Gasteiger partial charge in [0.2, 0.25) is 0 Å². The monoisotopic (exact) mass is 429 g/mol. The third-order valence-corrected chi connectivity index (χ3v) is 6.30. The molecule has 0 bridgehead atoms. The number of benzene rings is 5. The molecule has 0 aliphatic heterocycles. The maximum atomic E-state index is 6.45. The van der Waals surface area contributed by atoms with Crippen molar-refractivity contribution in [2.45, 2.75) is 0 Å². The molecule has 6 aromatic rings. The second kappa shape index (κ2) is 7.71. The van der Waals surface area contributed by atoms with E-state index in [-0.39, 0.29) is 0 Å². The molecule has 0 radical (unpaired) electrons. The average Bonchev–Trinajstić information content (AvgIpc) is 3.19. The van der Waals surface area contributed by atoms with Crippen molar-refractivity contribution in [2.24, 2.45) is 0 Å². The summed E-state index contributed by atoms with van der Waals surface area (Å²) in [5.74, 6) is 0. The summed E-state index contributed by atoms with van der Waals surface area (Å²) >= 11 is 6.45. The number of halogens is 1. The predicted octanol–water partition coefficient (Wildman–Crippen LogP) is 8.77. The number of nitrogens with zero attached hydrogens (tertiary/aromatic N) is 1. The van der Waals surface area contributed by atoms with Crippen molar-refractivity contribution in [1.82, 2.24) is 4.57 Å². The minimum absolute atomic E-state index is 0.749. The predicted molar refractivity (Wildman–Crippen MR) is 137 cm³/mol. The Kier molecular flexibility index (Phi) is 4.56. The van der Waals surface area contributed by atoms with Gasteiger partial charge >= 0.3 is 0 Å². The molecule has 6 rings (SSSR count). The molecular formula is C30H20ClN. The van der Waals surface area contributed by atoms with Crippen LogP contribution in [0.3, 0.4) is 0 Å². The Labute approximate surface area is 192 Å². The molecule has 0 aliphatic carbocycles. The maximum absolute atomic E-state index is 6.45. The van der Waals surface area contributed by atoms with Crippen LogP contribution < -0.4 is 0 Å². The van der Waals surface area contributed by atoms with E-state index in [1.54, 1.807) is 0 Å². The van der Waals surface area contributed by atoms with E-state index in [9.17, 15) is 0 Å². The van der Waals surface area contributed by atoms with Gasteiger partial charge in [-0.2, -0.15) is 0 Å². The van der Waals surface area contributed by atoms with E-state index < -0.39 is 0 Å². The standard InChI is InChI=1S/C30H20ClN/c31-24-18-19-28-27(20-24)30-26(12-7-13-29(30)32(28)25-10-5-2-6-11-25)23-16-14-22(15-17-23)21-8-3-1-4-9-21/h1-20H. The first-order chi connectivity index (χ1) is 15.8. The van der Waals surface area contributed by atoms with E-state index in [0.717, 1.165) is 16.2 Å². The van der Waals surface area contributed by atoms with Gasteiger partial charge in [0.1, 0.15) is 0 Å². The van der Waals surface area contributed by atoms with E-state index in [1.165, 1.54) is 38.5 Å². The van der Waals surface area contributed by atoms with Gasteiger partial charge in [-0.15, -0.1) is 0 Å². The fourth-order valence-electron chi connectivity index (χ4n) is 4.61. The molecule has 1 heterocycles. The zero-order valence-corrected chi connectivity index (χ0v) is 18.1. The minimum atomic E-state index is 0.749. The molecule has 0 amide bonds. The summed E-state index contributed by atoms with van der Waals surface area (Å²) in [5, 5.41) is 3.14. The Balaban J connectivity index is 1.61. The van der Waals surface area contributed by atoms with Gasteiger partial charge in [0.15, 0.2) is 0 Å². The third-order valence-electron chi connectivity index (χ3n) is 6.07. The summed E-state index contributed by atoms with van der Waals surface area (Å²) in [4.78, 5) is 0. The molecule has 0 aliphatic rings. The Bertz CT molecular complexity index is 1550. The molecule has 1 aromatic heterocycles. The first kappa shape index (κ1) is 18.9.